The average Bonchev–Trinajstić information content (AvgIpc) is 2.74. The second-order valence-corrected chi connectivity index (χ2v) is 5.15. The summed E-state index contributed by atoms with van der Waals surface area (Å²) >= 11 is 5.93. The van der Waals surface area contributed by atoms with E-state index in [2.05, 4.69) is 36.4 Å². The van der Waals surface area contributed by atoms with Crippen LogP contribution in [0.15, 0.2) is 24.3 Å². The maximum absolute atomic E-state index is 5.93. The minimum absolute atomic E-state index is 0.493. The van der Waals surface area contributed by atoms with Gasteiger partial charge in [0.25, 0.3) is 0 Å². The molecule has 1 heterocycles. The summed E-state index contributed by atoms with van der Waals surface area (Å²) in [5, 5.41) is 4.25. The summed E-state index contributed by atoms with van der Waals surface area (Å²) in [5.41, 5.74) is 1.36. The van der Waals surface area contributed by atoms with Gasteiger partial charge in [0.15, 0.2) is 0 Å². The minimum Gasteiger partial charge on any atom is -0.316 e. The maximum atomic E-state index is 5.93. The van der Waals surface area contributed by atoms with Crippen LogP contribution in [0, 0.1) is 5.92 Å². The molecule has 3 heteroatoms. The summed E-state index contributed by atoms with van der Waals surface area (Å²) in [6.45, 7) is 2.26. The normalized spacial score (nSPS) is 22.6. The Morgan fingerprint density at radius 1 is 1.31 bits per heavy atom. The Morgan fingerprint density at radius 3 is 2.50 bits per heavy atom. The van der Waals surface area contributed by atoms with E-state index in [0.717, 1.165) is 18.1 Å². The summed E-state index contributed by atoms with van der Waals surface area (Å²) in [7, 11) is 4.30. The van der Waals surface area contributed by atoms with Crippen LogP contribution in [0.5, 0.6) is 0 Å². The molecule has 1 aromatic rings. The standard InChI is InChI=1S/C13H19ClN2/c1-16(2)13(11-7-8-15-9-11)10-3-5-12(14)6-4-10/h3-6,11,13,15H,7-9H2,1-2H3. The van der Waals surface area contributed by atoms with E-state index in [4.69, 9.17) is 11.6 Å². The molecule has 0 spiro atoms. The third-order valence-electron chi connectivity index (χ3n) is 3.31. The zero-order chi connectivity index (χ0) is 11.5. The second-order valence-electron chi connectivity index (χ2n) is 4.71. The first-order valence-corrected chi connectivity index (χ1v) is 6.19. The highest BCUT2D eigenvalue weighted by Gasteiger charge is 2.27. The Kier molecular flexibility index (Phi) is 3.85. The highest BCUT2D eigenvalue weighted by molar-refractivity contribution is 6.30. The first kappa shape index (κ1) is 11.9. The van der Waals surface area contributed by atoms with Crippen molar-refractivity contribution in [3.63, 3.8) is 0 Å². The van der Waals surface area contributed by atoms with Crippen LogP contribution in [0.2, 0.25) is 5.02 Å². The molecule has 1 aromatic carbocycles. The van der Waals surface area contributed by atoms with Crippen molar-refractivity contribution in [3.8, 4) is 0 Å². The first-order chi connectivity index (χ1) is 7.68. The van der Waals surface area contributed by atoms with Crippen LogP contribution in [0.25, 0.3) is 0 Å². The van der Waals surface area contributed by atoms with Crippen LogP contribution >= 0.6 is 11.6 Å². The maximum Gasteiger partial charge on any atom is 0.0406 e. The molecule has 16 heavy (non-hydrogen) atoms. The van der Waals surface area contributed by atoms with Crippen molar-refractivity contribution < 1.29 is 0 Å². The largest absolute Gasteiger partial charge is 0.316 e. The lowest BCUT2D eigenvalue weighted by molar-refractivity contribution is 0.223. The Morgan fingerprint density at radius 2 is 2.00 bits per heavy atom. The van der Waals surface area contributed by atoms with E-state index in [1.165, 1.54) is 12.0 Å². The van der Waals surface area contributed by atoms with Crippen LogP contribution < -0.4 is 5.32 Å². The molecule has 0 radical (unpaired) electrons. The highest BCUT2D eigenvalue weighted by atomic mass is 35.5. The number of hydrogen-bond acceptors (Lipinski definition) is 2. The monoisotopic (exact) mass is 238 g/mol. The summed E-state index contributed by atoms with van der Waals surface area (Å²) < 4.78 is 0. The average molecular weight is 239 g/mol. The van der Waals surface area contributed by atoms with Crippen molar-refractivity contribution in [2.24, 2.45) is 5.92 Å². The zero-order valence-electron chi connectivity index (χ0n) is 9.91. The molecule has 0 aromatic heterocycles. The number of nitrogens with one attached hydrogen (secondary N) is 1. The fourth-order valence-electron chi connectivity index (χ4n) is 2.60. The van der Waals surface area contributed by atoms with E-state index in [9.17, 15) is 0 Å². The summed E-state index contributed by atoms with van der Waals surface area (Å²) in [6, 6.07) is 8.75. The first-order valence-electron chi connectivity index (χ1n) is 5.81. The lowest BCUT2D eigenvalue weighted by atomic mass is 9.91. The molecule has 1 aliphatic rings. The van der Waals surface area contributed by atoms with Crippen LogP contribution in [-0.2, 0) is 0 Å². The quantitative estimate of drug-likeness (QED) is 0.871. The third-order valence-corrected chi connectivity index (χ3v) is 3.56. The number of nitrogens with zero attached hydrogens (tertiary/aromatic N) is 1. The molecule has 1 fully saturated rings. The van der Waals surface area contributed by atoms with Gasteiger partial charge in [0.05, 0.1) is 0 Å². The highest BCUT2D eigenvalue weighted by Crippen LogP contribution is 2.31. The molecule has 88 valence electrons. The number of rotatable bonds is 3. The SMILES string of the molecule is CN(C)C(c1ccc(Cl)cc1)C1CCNC1. The number of hydrogen-bond donors (Lipinski definition) is 1. The zero-order valence-corrected chi connectivity index (χ0v) is 10.7. The van der Waals surface area contributed by atoms with Crippen LogP contribution in [0.4, 0.5) is 0 Å². The topological polar surface area (TPSA) is 15.3 Å². The molecule has 0 saturated carbocycles. The predicted molar refractivity (Wildman–Crippen MR) is 68.9 cm³/mol. The molecule has 1 N–H and O–H groups in total. The van der Waals surface area contributed by atoms with Crippen molar-refractivity contribution >= 4 is 11.6 Å². The smallest absolute Gasteiger partial charge is 0.0406 e. The minimum atomic E-state index is 0.493. The molecule has 2 unspecified atom stereocenters. The predicted octanol–water partition coefficient (Wildman–Crippen LogP) is 2.55. The summed E-state index contributed by atoms with van der Waals surface area (Å²) in [5.74, 6) is 0.705. The van der Waals surface area contributed by atoms with Crippen LogP contribution in [-0.4, -0.2) is 32.1 Å². The molecular formula is C13H19ClN2. The van der Waals surface area contributed by atoms with Gasteiger partial charge in [-0.2, -0.15) is 0 Å². The van der Waals surface area contributed by atoms with Gasteiger partial charge in [-0.25, -0.2) is 0 Å². The van der Waals surface area contributed by atoms with Gasteiger partial charge in [0.1, 0.15) is 0 Å². The van der Waals surface area contributed by atoms with Crippen molar-refractivity contribution in [2.45, 2.75) is 12.5 Å². The Balaban J connectivity index is 2.21. The van der Waals surface area contributed by atoms with Crippen molar-refractivity contribution in [1.82, 2.24) is 10.2 Å². The number of benzene rings is 1. The molecule has 2 nitrogen and oxygen atoms in total. The van der Waals surface area contributed by atoms with E-state index in [1.807, 2.05) is 12.1 Å². The summed E-state index contributed by atoms with van der Waals surface area (Å²) in [4.78, 5) is 2.31. The molecule has 2 atom stereocenters. The van der Waals surface area contributed by atoms with Crippen LogP contribution in [0.1, 0.15) is 18.0 Å². The van der Waals surface area contributed by atoms with Gasteiger partial charge < -0.3 is 10.2 Å². The van der Waals surface area contributed by atoms with Crippen LogP contribution in [0.3, 0.4) is 0 Å². The van der Waals surface area contributed by atoms with E-state index in [0.29, 0.717) is 12.0 Å². The second kappa shape index (κ2) is 5.17. The molecule has 0 amide bonds. The van der Waals surface area contributed by atoms with Crippen molar-refractivity contribution in [2.75, 3.05) is 27.2 Å². The molecular weight excluding hydrogens is 220 g/mol. The summed E-state index contributed by atoms with van der Waals surface area (Å²) in [6.07, 6.45) is 1.26. The van der Waals surface area contributed by atoms with Gasteiger partial charge in [-0.1, -0.05) is 23.7 Å². The van der Waals surface area contributed by atoms with Crippen molar-refractivity contribution in [1.29, 1.82) is 0 Å². The van der Waals surface area contributed by atoms with E-state index >= 15 is 0 Å². The molecule has 0 bridgehead atoms. The molecule has 1 aliphatic heterocycles. The Hall–Kier alpha value is -0.570. The van der Waals surface area contributed by atoms with Gasteiger partial charge in [0, 0.05) is 11.1 Å². The molecule has 1 saturated heterocycles. The van der Waals surface area contributed by atoms with Crippen molar-refractivity contribution in [3.05, 3.63) is 34.9 Å². The lowest BCUT2D eigenvalue weighted by Crippen LogP contribution is -2.28. The van der Waals surface area contributed by atoms with Gasteiger partial charge in [-0.3, -0.25) is 0 Å². The van der Waals surface area contributed by atoms with E-state index in [1.54, 1.807) is 0 Å². The third kappa shape index (κ3) is 2.57. The van der Waals surface area contributed by atoms with E-state index < -0.39 is 0 Å². The number of halogens is 1. The molecule has 2 rings (SSSR count). The fraction of sp³-hybridized carbons (Fsp3) is 0.538. The van der Waals surface area contributed by atoms with Gasteiger partial charge in [0.2, 0.25) is 0 Å². The fourth-order valence-corrected chi connectivity index (χ4v) is 2.72. The van der Waals surface area contributed by atoms with Gasteiger partial charge in [-0.05, 0) is 57.2 Å². The van der Waals surface area contributed by atoms with E-state index in [-0.39, 0.29) is 0 Å². The Bertz CT molecular complexity index is 328. The lowest BCUT2D eigenvalue weighted by Gasteiger charge is -2.30. The van der Waals surface area contributed by atoms with Gasteiger partial charge >= 0.3 is 0 Å². The van der Waals surface area contributed by atoms with Gasteiger partial charge in [-0.15, -0.1) is 0 Å². The molecule has 0 aliphatic carbocycles. The Labute approximate surface area is 103 Å².